The Morgan fingerprint density at radius 2 is 1.11 bits per heavy atom. The molecule has 4 heteroatoms. The van der Waals surface area contributed by atoms with Crippen molar-refractivity contribution in [2.24, 2.45) is 27.2 Å². The monoisotopic (exact) mass is 360 g/mol. The molecule has 5 rings (SSSR count). The van der Waals surface area contributed by atoms with Crippen LogP contribution >= 0.6 is 0 Å². The van der Waals surface area contributed by atoms with Crippen LogP contribution in [0.2, 0.25) is 0 Å². The van der Waals surface area contributed by atoms with E-state index in [4.69, 9.17) is 19.5 Å². The molecule has 0 bridgehead atoms. The molecule has 3 aliphatic rings. The van der Waals surface area contributed by atoms with Gasteiger partial charge in [-0.15, -0.1) is 0 Å². The molecule has 4 nitrogen and oxygen atoms in total. The lowest BCUT2D eigenvalue weighted by molar-refractivity contribution is 0.301. The molecule has 0 N–H and O–H groups in total. The van der Waals surface area contributed by atoms with Gasteiger partial charge in [-0.05, 0) is 16.5 Å². The second-order valence-electron chi connectivity index (χ2n) is 8.19. The Bertz CT molecular complexity index is 816. The summed E-state index contributed by atoms with van der Waals surface area (Å²) >= 11 is 0. The Balaban J connectivity index is 1.35. The number of nitrogens with zero attached hydrogens (tertiary/aromatic N) is 2. The van der Waals surface area contributed by atoms with E-state index in [0.29, 0.717) is 13.2 Å². The highest BCUT2D eigenvalue weighted by Crippen LogP contribution is 2.61. The van der Waals surface area contributed by atoms with Gasteiger partial charge in [0.15, 0.2) is 11.8 Å². The van der Waals surface area contributed by atoms with Crippen molar-refractivity contribution < 1.29 is 9.47 Å². The molecule has 2 aromatic carbocycles. The van der Waals surface area contributed by atoms with Crippen LogP contribution < -0.4 is 0 Å². The van der Waals surface area contributed by atoms with Crippen molar-refractivity contribution in [3.05, 3.63) is 71.8 Å². The quantitative estimate of drug-likeness (QED) is 0.800. The Kier molecular flexibility index (Phi) is 3.81. The van der Waals surface area contributed by atoms with Crippen LogP contribution in [0.4, 0.5) is 0 Å². The van der Waals surface area contributed by atoms with Crippen molar-refractivity contribution in [2.75, 3.05) is 13.2 Å². The van der Waals surface area contributed by atoms with E-state index in [-0.39, 0.29) is 29.3 Å². The topological polar surface area (TPSA) is 43.2 Å². The Labute approximate surface area is 160 Å². The highest BCUT2D eigenvalue weighted by atomic mass is 16.5. The predicted octanol–water partition coefficient (Wildman–Crippen LogP) is 4.60. The molecule has 1 saturated carbocycles. The SMILES string of the molecule is CC1(C)C(C2=NC(c3ccccc3)CO2)C1C1=NC(c2ccccc2)CO1. The summed E-state index contributed by atoms with van der Waals surface area (Å²) in [7, 11) is 0. The summed E-state index contributed by atoms with van der Waals surface area (Å²) in [6.07, 6.45) is 0. The normalized spacial score (nSPS) is 30.9. The molecular weight excluding hydrogens is 336 g/mol. The number of hydrogen-bond acceptors (Lipinski definition) is 4. The zero-order chi connectivity index (χ0) is 18.4. The van der Waals surface area contributed by atoms with Gasteiger partial charge in [0.25, 0.3) is 0 Å². The summed E-state index contributed by atoms with van der Waals surface area (Å²) in [6, 6.07) is 20.9. The van der Waals surface area contributed by atoms with E-state index >= 15 is 0 Å². The third-order valence-corrected chi connectivity index (χ3v) is 6.07. The highest BCUT2D eigenvalue weighted by molar-refractivity contribution is 5.95. The Hall–Kier alpha value is -2.62. The van der Waals surface area contributed by atoms with Gasteiger partial charge in [0.1, 0.15) is 25.3 Å². The van der Waals surface area contributed by atoms with Gasteiger partial charge in [0, 0.05) is 0 Å². The molecule has 138 valence electrons. The first-order valence-electron chi connectivity index (χ1n) is 9.65. The maximum Gasteiger partial charge on any atom is 0.188 e. The molecule has 0 radical (unpaired) electrons. The lowest BCUT2D eigenvalue weighted by Gasteiger charge is -2.03. The minimum absolute atomic E-state index is 0.0643. The van der Waals surface area contributed by atoms with E-state index in [2.05, 4.69) is 62.4 Å². The van der Waals surface area contributed by atoms with E-state index in [1.54, 1.807) is 0 Å². The second-order valence-corrected chi connectivity index (χ2v) is 8.19. The lowest BCUT2D eigenvalue weighted by Crippen LogP contribution is -2.09. The molecule has 1 fully saturated rings. The van der Waals surface area contributed by atoms with Gasteiger partial charge >= 0.3 is 0 Å². The average molecular weight is 360 g/mol. The largest absolute Gasteiger partial charge is 0.478 e. The van der Waals surface area contributed by atoms with E-state index in [1.807, 2.05) is 12.1 Å². The van der Waals surface area contributed by atoms with Gasteiger partial charge < -0.3 is 9.47 Å². The van der Waals surface area contributed by atoms with Gasteiger partial charge in [-0.25, -0.2) is 9.98 Å². The van der Waals surface area contributed by atoms with Crippen LogP contribution in [0.5, 0.6) is 0 Å². The molecule has 2 aliphatic heterocycles. The average Bonchev–Trinajstić information content (AvgIpc) is 3.14. The van der Waals surface area contributed by atoms with Crippen molar-refractivity contribution in [3.8, 4) is 0 Å². The number of aliphatic imine (C=N–C) groups is 2. The third-order valence-electron chi connectivity index (χ3n) is 6.07. The van der Waals surface area contributed by atoms with Gasteiger partial charge in [-0.3, -0.25) is 0 Å². The first-order chi connectivity index (χ1) is 13.1. The van der Waals surface area contributed by atoms with Crippen molar-refractivity contribution in [1.82, 2.24) is 0 Å². The molecule has 2 heterocycles. The van der Waals surface area contributed by atoms with Crippen LogP contribution in [-0.2, 0) is 9.47 Å². The van der Waals surface area contributed by atoms with Crippen LogP contribution in [0.15, 0.2) is 70.6 Å². The molecule has 1 aliphatic carbocycles. The molecule has 0 saturated heterocycles. The highest BCUT2D eigenvalue weighted by Gasteiger charge is 2.66. The number of benzene rings is 2. The predicted molar refractivity (Wildman–Crippen MR) is 106 cm³/mol. The standard InChI is InChI=1S/C23H24N2O2/c1-23(2)19(21-24-17(13-26-21)15-9-5-3-6-10-15)20(23)22-25-18(14-27-22)16-11-7-4-8-12-16/h3-12,17-20H,13-14H2,1-2H3. The second kappa shape index (κ2) is 6.22. The summed E-state index contributed by atoms with van der Waals surface area (Å²) in [5, 5.41) is 0. The van der Waals surface area contributed by atoms with Gasteiger partial charge in [-0.1, -0.05) is 74.5 Å². The van der Waals surface area contributed by atoms with Crippen molar-refractivity contribution in [2.45, 2.75) is 25.9 Å². The van der Waals surface area contributed by atoms with E-state index in [0.717, 1.165) is 11.8 Å². The van der Waals surface area contributed by atoms with Crippen molar-refractivity contribution in [1.29, 1.82) is 0 Å². The molecule has 4 atom stereocenters. The van der Waals surface area contributed by atoms with Crippen LogP contribution in [0.25, 0.3) is 0 Å². The molecule has 0 amide bonds. The molecule has 0 aromatic heterocycles. The summed E-state index contributed by atoms with van der Waals surface area (Å²) in [5.74, 6) is 2.24. The van der Waals surface area contributed by atoms with Crippen LogP contribution in [0.1, 0.15) is 37.1 Å². The fourth-order valence-electron chi connectivity index (χ4n) is 4.38. The van der Waals surface area contributed by atoms with Crippen molar-refractivity contribution >= 4 is 11.8 Å². The zero-order valence-electron chi connectivity index (χ0n) is 15.7. The molecule has 2 aromatic rings. The molecule has 27 heavy (non-hydrogen) atoms. The van der Waals surface area contributed by atoms with Crippen LogP contribution in [0, 0.1) is 17.3 Å². The fraction of sp³-hybridized carbons (Fsp3) is 0.391. The molecule has 0 spiro atoms. The molecule has 4 unspecified atom stereocenters. The maximum absolute atomic E-state index is 6.02. The Morgan fingerprint density at radius 3 is 1.52 bits per heavy atom. The van der Waals surface area contributed by atoms with E-state index in [1.165, 1.54) is 11.1 Å². The Morgan fingerprint density at radius 1 is 0.704 bits per heavy atom. The first-order valence-corrected chi connectivity index (χ1v) is 9.65. The summed E-state index contributed by atoms with van der Waals surface area (Å²) in [6.45, 7) is 5.76. The van der Waals surface area contributed by atoms with E-state index < -0.39 is 0 Å². The lowest BCUT2D eigenvalue weighted by atomic mass is 10.1. The fourth-order valence-corrected chi connectivity index (χ4v) is 4.38. The molecular formula is C23H24N2O2. The smallest absolute Gasteiger partial charge is 0.188 e. The minimum atomic E-state index is 0.0643. The number of ether oxygens (including phenoxy) is 2. The summed E-state index contributed by atoms with van der Waals surface area (Å²) < 4.78 is 12.0. The van der Waals surface area contributed by atoms with Crippen molar-refractivity contribution in [3.63, 3.8) is 0 Å². The summed E-state index contributed by atoms with van der Waals surface area (Å²) in [4.78, 5) is 9.80. The summed E-state index contributed by atoms with van der Waals surface area (Å²) in [5.41, 5.74) is 2.48. The zero-order valence-corrected chi connectivity index (χ0v) is 15.7. The number of rotatable bonds is 4. The third kappa shape index (κ3) is 2.84. The van der Waals surface area contributed by atoms with E-state index in [9.17, 15) is 0 Å². The first kappa shape index (κ1) is 16.5. The van der Waals surface area contributed by atoms with Gasteiger partial charge in [-0.2, -0.15) is 0 Å². The van der Waals surface area contributed by atoms with Crippen LogP contribution in [0.3, 0.4) is 0 Å². The van der Waals surface area contributed by atoms with Gasteiger partial charge in [0.05, 0.1) is 11.8 Å². The maximum atomic E-state index is 6.02. The van der Waals surface area contributed by atoms with Gasteiger partial charge in [0.2, 0.25) is 0 Å². The van der Waals surface area contributed by atoms with Crippen LogP contribution in [-0.4, -0.2) is 25.0 Å². The number of hydrogen-bond donors (Lipinski definition) is 0. The minimum Gasteiger partial charge on any atom is -0.478 e.